The number of anilines is 1. The molecule has 1 aromatic carbocycles. The van der Waals surface area contributed by atoms with Crippen LogP contribution in [0.25, 0.3) is 0 Å². The SMILES string of the molecule is C[C@@H]1COCCN1S(=O)(=O)c1c(N)cc(Cl)cc1Cl. The molecule has 0 spiro atoms. The van der Waals surface area contributed by atoms with Gasteiger partial charge in [0.2, 0.25) is 10.0 Å². The zero-order chi connectivity index (χ0) is 14.2. The van der Waals surface area contributed by atoms with Gasteiger partial charge in [-0.15, -0.1) is 0 Å². The molecule has 0 aromatic heterocycles. The molecule has 1 aliphatic heterocycles. The van der Waals surface area contributed by atoms with Crippen molar-refractivity contribution in [1.82, 2.24) is 4.31 Å². The Morgan fingerprint density at radius 2 is 2.11 bits per heavy atom. The summed E-state index contributed by atoms with van der Waals surface area (Å²) in [5.41, 5.74) is 5.81. The van der Waals surface area contributed by atoms with Crippen molar-refractivity contribution in [3.63, 3.8) is 0 Å². The van der Waals surface area contributed by atoms with Crippen LogP contribution < -0.4 is 5.73 Å². The number of benzene rings is 1. The monoisotopic (exact) mass is 324 g/mol. The number of nitrogens with zero attached hydrogens (tertiary/aromatic N) is 1. The minimum atomic E-state index is -3.75. The lowest BCUT2D eigenvalue weighted by atomic mass is 10.3. The van der Waals surface area contributed by atoms with E-state index in [0.29, 0.717) is 18.2 Å². The van der Waals surface area contributed by atoms with E-state index in [1.54, 1.807) is 6.92 Å². The molecule has 1 fully saturated rings. The number of hydrogen-bond donors (Lipinski definition) is 1. The maximum Gasteiger partial charge on any atom is 0.247 e. The van der Waals surface area contributed by atoms with Crippen molar-refractivity contribution < 1.29 is 13.2 Å². The summed E-state index contributed by atoms with van der Waals surface area (Å²) in [4.78, 5) is -0.0904. The third-order valence-electron chi connectivity index (χ3n) is 2.91. The van der Waals surface area contributed by atoms with E-state index in [-0.39, 0.29) is 28.2 Å². The molecular formula is C11H14Cl2N2O3S. The molecule has 2 N–H and O–H groups in total. The van der Waals surface area contributed by atoms with Gasteiger partial charge in [-0.1, -0.05) is 23.2 Å². The summed E-state index contributed by atoms with van der Waals surface area (Å²) >= 11 is 11.8. The first-order chi connectivity index (χ1) is 8.84. The second-order valence-corrected chi connectivity index (χ2v) is 7.02. The maximum atomic E-state index is 12.6. The molecule has 1 heterocycles. The van der Waals surface area contributed by atoms with Crippen molar-refractivity contribution in [2.24, 2.45) is 0 Å². The van der Waals surface area contributed by atoms with Crippen molar-refractivity contribution >= 4 is 38.9 Å². The summed E-state index contributed by atoms with van der Waals surface area (Å²) in [5, 5.41) is 0.333. The highest BCUT2D eigenvalue weighted by Crippen LogP contribution is 2.34. The predicted molar refractivity (Wildman–Crippen MR) is 75.0 cm³/mol. The summed E-state index contributed by atoms with van der Waals surface area (Å²) in [6, 6.07) is 2.49. The molecule has 0 saturated carbocycles. The molecular weight excluding hydrogens is 311 g/mol. The van der Waals surface area contributed by atoms with Crippen molar-refractivity contribution in [3.8, 4) is 0 Å². The Kier molecular flexibility index (Phi) is 4.27. The van der Waals surface area contributed by atoms with Crippen LogP contribution in [0.1, 0.15) is 6.92 Å². The minimum absolute atomic E-state index is 0.0312. The van der Waals surface area contributed by atoms with Crippen LogP contribution in [0.4, 0.5) is 5.69 Å². The topological polar surface area (TPSA) is 72.6 Å². The molecule has 1 atom stereocenters. The zero-order valence-electron chi connectivity index (χ0n) is 10.3. The van der Waals surface area contributed by atoms with E-state index in [4.69, 9.17) is 33.7 Å². The molecule has 1 saturated heterocycles. The van der Waals surface area contributed by atoms with Crippen molar-refractivity contribution in [2.45, 2.75) is 17.9 Å². The summed E-state index contributed by atoms with van der Waals surface area (Å²) in [6.45, 7) is 2.76. The van der Waals surface area contributed by atoms with Gasteiger partial charge >= 0.3 is 0 Å². The van der Waals surface area contributed by atoms with Crippen LogP contribution in [0.15, 0.2) is 17.0 Å². The third kappa shape index (κ3) is 2.83. The first kappa shape index (κ1) is 14.9. The highest BCUT2D eigenvalue weighted by Gasteiger charge is 2.34. The molecule has 1 aromatic rings. The highest BCUT2D eigenvalue weighted by atomic mass is 35.5. The molecule has 19 heavy (non-hydrogen) atoms. The fourth-order valence-corrected chi connectivity index (χ4v) is 4.59. The van der Waals surface area contributed by atoms with Crippen molar-refractivity contribution in [3.05, 3.63) is 22.2 Å². The Balaban J connectivity index is 2.50. The van der Waals surface area contributed by atoms with Gasteiger partial charge in [0.1, 0.15) is 4.90 Å². The van der Waals surface area contributed by atoms with E-state index in [2.05, 4.69) is 0 Å². The number of nitrogens with two attached hydrogens (primary N) is 1. The molecule has 0 radical (unpaired) electrons. The second kappa shape index (κ2) is 5.46. The number of sulfonamides is 1. The van der Waals surface area contributed by atoms with Crippen LogP contribution in [0.2, 0.25) is 10.0 Å². The quantitative estimate of drug-likeness (QED) is 0.844. The number of morpholine rings is 1. The average Bonchev–Trinajstić information content (AvgIpc) is 2.27. The summed E-state index contributed by atoms with van der Waals surface area (Å²) in [7, 11) is -3.75. The third-order valence-corrected chi connectivity index (χ3v) is 5.67. The number of ether oxygens (including phenoxy) is 1. The fourth-order valence-electron chi connectivity index (χ4n) is 2.04. The van der Waals surface area contributed by atoms with Gasteiger partial charge in [0.05, 0.1) is 23.9 Å². The number of halogens is 2. The van der Waals surface area contributed by atoms with Crippen LogP contribution in [0.5, 0.6) is 0 Å². The number of rotatable bonds is 2. The molecule has 0 bridgehead atoms. The second-order valence-electron chi connectivity index (χ2n) is 4.35. The lowest BCUT2D eigenvalue weighted by Gasteiger charge is -2.32. The molecule has 5 nitrogen and oxygen atoms in total. The molecule has 106 valence electrons. The molecule has 0 amide bonds. The maximum absolute atomic E-state index is 12.6. The predicted octanol–water partition coefficient (Wildman–Crippen LogP) is 1.99. The van der Waals surface area contributed by atoms with Crippen LogP contribution >= 0.6 is 23.2 Å². The standard InChI is InChI=1S/C11H14Cl2N2O3S/c1-7-6-18-3-2-15(7)19(16,17)11-9(13)4-8(12)5-10(11)14/h4-5,7H,2-3,6,14H2,1H3/t7-/m1/s1. The van der Waals surface area contributed by atoms with Gasteiger partial charge in [-0.05, 0) is 19.1 Å². The summed E-state index contributed by atoms with van der Waals surface area (Å²) < 4.78 is 31.8. The van der Waals surface area contributed by atoms with Gasteiger partial charge in [0, 0.05) is 17.6 Å². The van der Waals surface area contributed by atoms with Gasteiger partial charge in [-0.25, -0.2) is 8.42 Å². The molecule has 0 aliphatic carbocycles. The molecule has 1 aliphatic rings. The van der Waals surface area contributed by atoms with Crippen LogP contribution in [-0.4, -0.2) is 38.5 Å². The van der Waals surface area contributed by atoms with Gasteiger partial charge in [-0.2, -0.15) is 4.31 Å². The van der Waals surface area contributed by atoms with Crippen LogP contribution in [-0.2, 0) is 14.8 Å². The molecule has 0 unspecified atom stereocenters. The van der Waals surface area contributed by atoms with Gasteiger partial charge in [0.25, 0.3) is 0 Å². The first-order valence-corrected chi connectivity index (χ1v) is 7.87. The Labute approximate surface area is 122 Å². The number of hydrogen-bond acceptors (Lipinski definition) is 4. The largest absolute Gasteiger partial charge is 0.398 e. The smallest absolute Gasteiger partial charge is 0.247 e. The Morgan fingerprint density at radius 3 is 2.68 bits per heavy atom. The van der Waals surface area contributed by atoms with E-state index < -0.39 is 10.0 Å². The van der Waals surface area contributed by atoms with E-state index in [9.17, 15) is 8.42 Å². The van der Waals surface area contributed by atoms with Crippen molar-refractivity contribution in [2.75, 3.05) is 25.5 Å². The van der Waals surface area contributed by atoms with E-state index in [1.807, 2.05) is 0 Å². The zero-order valence-corrected chi connectivity index (χ0v) is 12.6. The van der Waals surface area contributed by atoms with E-state index in [1.165, 1.54) is 16.4 Å². The van der Waals surface area contributed by atoms with Crippen LogP contribution in [0, 0.1) is 0 Å². The minimum Gasteiger partial charge on any atom is -0.398 e. The van der Waals surface area contributed by atoms with Crippen molar-refractivity contribution in [1.29, 1.82) is 0 Å². The first-order valence-electron chi connectivity index (χ1n) is 5.68. The summed E-state index contributed by atoms with van der Waals surface area (Å²) in [6.07, 6.45) is 0. The fraction of sp³-hybridized carbons (Fsp3) is 0.455. The Morgan fingerprint density at radius 1 is 1.42 bits per heavy atom. The normalized spacial score (nSPS) is 21.5. The van der Waals surface area contributed by atoms with Gasteiger partial charge < -0.3 is 10.5 Å². The Hall–Kier alpha value is -0.530. The number of nitrogen functional groups attached to an aromatic ring is 1. The molecule has 8 heteroatoms. The van der Waals surface area contributed by atoms with Crippen LogP contribution in [0.3, 0.4) is 0 Å². The van der Waals surface area contributed by atoms with Gasteiger partial charge in [-0.3, -0.25) is 0 Å². The highest BCUT2D eigenvalue weighted by molar-refractivity contribution is 7.89. The average molecular weight is 325 g/mol. The molecule has 2 rings (SSSR count). The summed E-state index contributed by atoms with van der Waals surface area (Å²) in [5.74, 6) is 0. The lowest BCUT2D eigenvalue weighted by molar-refractivity contribution is 0.0393. The van der Waals surface area contributed by atoms with E-state index >= 15 is 0 Å². The lowest BCUT2D eigenvalue weighted by Crippen LogP contribution is -2.47. The van der Waals surface area contributed by atoms with Gasteiger partial charge in [0.15, 0.2) is 0 Å². The Bertz CT molecular complexity index is 569. The van der Waals surface area contributed by atoms with E-state index in [0.717, 1.165) is 0 Å².